The minimum Gasteiger partial charge on any atom is -0.316 e. The number of nitrogens with one attached hydrogen (secondary N) is 1. The van der Waals surface area contributed by atoms with Gasteiger partial charge in [-0.15, -0.1) is 17.0 Å². The summed E-state index contributed by atoms with van der Waals surface area (Å²) in [4.78, 5) is 1.87. The van der Waals surface area contributed by atoms with Crippen molar-refractivity contribution in [1.82, 2.24) is 0 Å². The van der Waals surface area contributed by atoms with Crippen LogP contribution in [-0.2, 0) is 16.3 Å². The zero-order valence-corrected chi connectivity index (χ0v) is 14.4. The van der Waals surface area contributed by atoms with Gasteiger partial charge in [0, 0.05) is 10.9 Å². The van der Waals surface area contributed by atoms with E-state index in [1.54, 1.807) is 0 Å². The van der Waals surface area contributed by atoms with Gasteiger partial charge in [-0.3, -0.25) is 5.41 Å². The molecule has 0 amide bonds. The van der Waals surface area contributed by atoms with Crippen LogP contribution < -0.4 is 4.90 Å². The summed E-state index contributed by atoms with van der Waals surface area (Å²) < 4.78 is 23.4. The first-order chi connectivity index (χ1) is 9.00. The number of halogens is 1. The highest BCUT2D eigenvalue weighted by Gasteiger charge is 2.48. The van der Waals surface area contributed by atoms with Crippen LogP contribution in [0, 0.1) is 5.41 Å². The normalized spacial score (nSPS) is 27.2. The number of rotatable bonds is 2. The van der Waals surface area contributed by atoms with E-state index in [9.17, 15) is 8.42 Å². The number of nitrogens with zero attached hydrogens (tertiary/aromatic N) is 1. The molecule has 0 radical (unpaired) electrons. The summed E-state index contributed by atoms with van der Waals surface area (Å²) in [6.45, 7) is 2.10. The number of hydrogen-bond donors (Lipinski definition) is 1. The van der Waals surface area contributed by atoms with Gasteiger partial charge in [0.2, 0.25) is 0 Å². The Bertz CT molecular complexity index is 616. The molecule has 0 bridgehead atoms. The third-order valence-electron chi connectivity index (χ3n) is 3.71. The van der Waals surface area contributed by atoms with Crippen molar-refractivity contribution in [3.05, 3.63) is 29.8 Å². The van der Waals surface area contributed by atoms with Crippen molar-refractivity contribution in [1.29, 1.82) is 5.41 Å². The molecule has 1 aromatic rings. The lowest BCUT2D eigenvalue weighted by atomic mass is 10.1. The van der Waals surface area contributed by atoms with Gasteiger partial charge in [-0.05, 0) is 24.1 Å². The van der Waals surface area contributed by atoms with Crippen molar-refractivity contribution < 1.29 is 8.42 Å². The Morgan fingerprint density at radius 3 is 2.55 bits per heavy atom. The molecular formula is C13H17BrN2O2S2. The number of aryl methyl sites for hydroxylation is 1. The van der Waals surface area contributed by atoms with E-state index in [0.29, 0.717) is 5.17 Å². The predicted molar refractivity (Wildman–Crippen MR) is 90.2 cm³/mol. The van der Waals surface area contributed by atoms with Crippen molar-refractivity contribution in [3.8, 4) is 0 Å². The average molecular weight is 377 g/mol. The summed E-state index contributed by atoms with van der Waals surface area (Å²) in [5.41, 5.74) is 2.18. The van der Waals surface area contributed by atoms with Crippen molar-refractivity contribution in [2.45, 2.75) is 24.6 Å². The van der Waals surface area contributed by atoms with Crippen molar-refractivity contribution in [2.75, 3.05) is 16.4 Å². The molecule has 1 aromatic carbocycles. The van der Waals surface area contributed by atoms with Crippen LogP contribution in [0.4, 0.5) is 5.69 Å². The van der Waals surface area contributed by atoms with Gasteiger partial charge >= 0.3 is 0 Å². The van der Waals surface area contributed by atoms with E-state index in [1.165, 1.54) is 17.3 Å². The lowest BCUT2D eigenvalue weighted by molar-refractivity contribution is 0.601. The smallest absolute Gasteiger partial charge is 0.161 e. The van der Waals surface area contributed by atoms with Crippen LogP contribution in [0.3, 0.4) is 0 Å². The number of sulfone groups is 1. The highest BCUT2D eigenvalue weighted by molar-refractivity contribution is 8.93. The second-order valence-corrected chi connectivity index (χ2v) is 8.38. The molecule has 0 aromatic heterocycles. The van der Waals surface area contributed by atoms with Crippen molar-refractivity contribution in [3.63, 3.8) is 0 Å². The Hall–Kier alpha value is -0.530. The van der Waals surface area contributed by atoms with Crippen LogP contribution in [0.1, 0.15) is 12.5 Å². The van der Waals surface area contributed by atoms with Crippen molar-refractivity contribution >= 4 is 49.4 Å². The molecule has 0 unspecified atom stereocenters. The zero-order chi connectivity index (χ0) is 13.6. The van der Waals surface area contributed by atoms with E-state index >= 15 is 0 Å². The van der Waals surface area contributed by atoms with Crippen LogP contribution in [-0.4, -0.2) is 36.4 Å². The van der Waals surface area contributed by atoms with Crippen LogP contribution in [0.25, 0.3) is 0 Å². The number of thioether (sulfide) groups is 1. The van der Waals surface area contributed by atoms with Crippen LogP contribution >= 0.6 is 28.7 Å². The summed E-state index contributed by atoms with van der Waals surface area (Å²) in [6, 6.07) is 7.99. The Labute approximate surface area is 134 Å². The first-order valence-electron chi connectivity index (χ1n) is 6.34. The van der Waals surface area contributed by atoms with Crippen molar-refractivity contribution in [2.24, 2.45) is 0 Å². The van der Waals surface area contributed by atoms with E-state index in [0.717, 1.165) is 12.1 Å². The molecule has 0 saturated carbocycles. The summed E-state index contributed by atoms with van der Waals surface area (Å²) in [6.07, 6.45) is 0.979. The van der Waals surface area contributed by atoms with Gasteiger partial charge in [0.25, 0.3) is 0 Å². The zero-order valence-electron chi connectivity index (χ0n) is 11.1. The molecular weight excluding hydrogens is 360 g/mol. The molecule has 0 spiro atoms. The SMILES string of the molecule is Br.CCc1ccc(N2C(=N)S[C@H]3CS(=O)(=O)C[C@H]32)cc1. The molecule has 2 aliphatic rings. The Morgan fingerprint density at radius 2 is 1.95 bits per heavy atom. The number of amidine groups is 1. The van der Waals surface area contributed by atoms with Gasteiger partial charge in [0.05, 0.1) is 17.5 Å². The molecule has 7 heteroatoms. The molecule has 2 atom stereocenters. The van der Waals surface area contributed by atoms with E-state index in [1.807, 2.05) is 29.2 Å². The monoisotopic (exact) mass is 376 g/mol. The van der Waals surface area contributed by atoms with Gasteiger partial charge in [-0.25, -0.2) is 8.42 Å². The summed E-state index contributed by atoms with van der Waals surface area (Å²) >= 11 is 1.38. The second kappa shape index (κ2) is 5.69. The van der Waals surface area contributed by atoms with E-state index < -0.39 is 9.84 Å². The maximum atomic E-state index is 11.7. The topological polar surface area (TPSA) is 61.2 Å². The predicted octanol–water partition coefficient (Wildman–Crippen LogP) is 2.48. The Kier molecular flexibility index (Phi) is 4.51. The third-order valence-corrected chi connectivity index (χ3v) is 6.84. The van der Waals surface area contributed by atoms with Gasteiger partial charge in [0.15, 0.2) is 15.0 Å². The first-order valence-corrected chi connectivity index (χ1v) is 9.04. The lowest BCUT2D eigenvalue weighted by Gasteiger charge is -2.24. The summed E-state index contributed by atoms with van der Waals surface area (Å²) in [7, 11) is -2.94. The third kappa shape index (κ3) is 2.76. The largest absolute Gasteiger partial charge is 0.316 e. The Balaban J connectivity index is 0.00000147. The maximum absolute atomic E-state index is 11.7. The number of benzene rings is 1. The molecule has 2 heterocycles. The minimum absolute atomic E-state index is 0. The van der Waals surface area contributed by atoms with E-state index in [2.05, 4.69) is 6.92 Å². The van der Waals surface area contributed by atoms with Crippen LogP contribution in [0.2, 0.25) is 0 Å². The molecule has 2 saturated heterocycles. The van der Waals surface area contributed by atoms with Gasteiger partial charge in [-0.2, -0.15) is 0 Å². The van der Waals surface area contributed by atoms with Gasteiger partial charge in [-0.1, -0.05) is 30.8 Å². The molecule has 0 aliphatic carbocycles. The Morgan fingerprint density at radius 1 is 1.30 bits per heavy atom. The number of anilines is 1. The molecule has 3 rings (SSSR count). The molecule has 1 N–H and O–H groups in total. The quantitative estimate of drug-likeness (QED) is 0.860. The first kappa shape index (κ1) is 15.9. The number of fused-ring (bicyclic) bond motifs is 1. The number of hydrogen-bond acceptors (Lipinski definition) is 4. The highest BCUT2D eigenvalue weighted by atomic mass is 79.9. The van der Waals surface area contributed by atoms with Crippen LogP contribution in [0.5, 0.6) is 0 Å². The fourth-order valence-corrected chi connectivity index (χ4v) is 6.49. The van der Waals surface area contributed by atoms with E-state index in [-0.39, 0.29) is 39.8 Å². The molecule has 20 heavy (non-hydrogen) atoms. The second-order valence-electron chi connectivity index (χ2n) is 5.00. The standard InChI is InChI=1S/C13H16N2O2S2.BrH/c1-2-9-3-5-10(6-4-9)15-11-7-19(16,17)8-12(11)18-13(15)14;/h3-6,11-12,14H,2,7-8H2,1H3;1H/t11-,12+;/m1./s1. The maximum Gasteiger partial charge on any atom is 0.161 e. The lowest BCUT2D eigenvalue weighted by Crippen LogP contribution is -2.37. The van der Waals surface area contributed by atoms with Crippen LogP contribution in [0.15, 0.2) is 24.3 Å². The minimum atomic E-state index is -2.94. The molecule has 4 nitrogen and oxygen atoms in total. The molecule has 2 aliphatic heterocycles. The van der Waals surface area contributed by atoms with Gasteiger partial charge in [0.1, 0.15) is 0 Å². The molecule has 110 valence electrons. The average Bonchev–Trinajstić information content (AvgIpc) is 2.79. The molecule has 2 fully saturated rings. The summed E-state index contributed by atoms with van der Waals surface area (Å²) in [5.74, 6) is 0.372. The van der Waals surface area contributed by atoms with E-state index in [4.69, 9.17) is 5.41 Å². The summed E-state index contributed by atoms with van der Waals surface area (Å²) in [5, 5.41) is 8.55. The highest BCUT2D eigenvalue weighted by Crippen LogP contribution is 2.40. The fraction of sp³-hybridized carbons (Fsp3) is 0.462. The van der Waals surface area contributed by atoms with Gasteiger partial charge < -0.3 is 4.90 Å². The fourth-order valence-electron chi connectivity index (χ4n) is 2.70.